The molecule has 11 heteroatoms. The molecule has 0 saturated heterocycles. The van der Waals surface area contributed by atoms with E-state index in [4.69, 9.17) is 21.1 Å². The van der Waals surface area contributed by atoms with E-state index in [1.165, 1.54) is 0 Å². The molecule has 148 valence electrons. The summed E-state index contributed by atoms with van der Waals surface area (Å²) in [6.07, 6.45) is 1.23. The third-order valence-corrected chi connectivity index (χ3v) is 4.97. The maximum absolute atomic E-state index is 11.3. The van der Waals surface area contributed by atoms with E-state index in [2.05, 4.69) is 15.9 Å². The van der Waals surface area contributed by atoms with Gasteiger partial charge < -0.3 is 21.1 Å². The van der Waals surface area contributed by atoms with Gasteiger partial charge in [-0.05, 0) is 31.0 Å². The fourth-order valence-corrected chi connectivity index (χ4v) is 1.93. The summed E-state index contributed by atoms with van der Waals surface area (Å²) in [4.78, 5) is 53.4. The summed E-state index contributed by atoms with van der Waals surface area (Å²) in [5.41, 5.74) is 3.56. The number of alkyl halides is 1. The van der Waals surface area contributed by atoms with Gasteiger partial charge in [0.05, 0.1) is 16.7 Å². The second-order valence-electron chi connectivity index (χ2n) is 5.17. The van der Waals surface area contributed by atoms with E-state index in [1.807, 2.05) is 19.2 Å². The van der Waals surface area contributed by atoms with Crippen LogP contribution in [-0.4, -0.2) is 49.5 Å². The molecule has 1 aromatic rings. The number of halogens is 1. The molecule has 0 heterocycles. The smallest absolute Gasteiger partial charge is 0.336 e. The molecule has 0 spiro atoms. The Balaban J connectivity index is 0.000000516. The molecule has 6 N–H and O–H groups in total. The number of urea groups is 1. The summed E-state index contributed by atoms with van der Waals surface area (Å²) < 4.78 is -0.665. The number of nitrogens with two attached hydrogens (primary N) is 1. The van der Waals surface area contributed by atoms with Crippen LogP contribution in [0.1, 0.15) is 57.8 Å². The molecule has 0 radical (unpaired) electrons. The summed E-state index contributed by atoms with van der Waals surface area (Å²) in [6.45, 7) is 3.72. The minimum absolute atomic E-state index is 0.266. The third-order valence-electron chi connectivity index (χ3n) is 3.49. The van der Waals surface area contributed by atoms with Crippen LogP contribution in [0.3, 0.4) is 0 Å². The predicted molar refractivity (Wildman–Crippen MR) is 97.3 cm³/mol. The van der Waals surface area contributed by atoms with Crippen molar-refractivity contribution in [3.63, 3.8) is 0 Å². The van der Waals surface area contributed by atoms with E-state index >= 15 is 0 Å². The molecule has 0 aliphatic carbocycles. The molecule has 0 unspecified atom stereocenters. The Morgan fingerprint density at radius 1 is 0.963 bits per heavy atom. The minimum atomic E-state index is -1.48. The van der Waals surface area contributed by atoms with Gasteiger partial charge in [0.25, 0.3) is 0 Å². The predicted octanol–water partition coefficient (Wildman–Crippen LogP) is 1.92. The van der Waals surface area contributed by atoms with Crippen LogP contribution in [0.2, 0.25) is 0 Å². The van der Waals surface area contributed by atoms with Gasteiger partial charge in [-0.15, -0.1) is 0 Å². The van der Waals surface area contributed by atoms with Gasteiger partial charge in [-0.25, -0.2) is 19.2 Å². The number of hydrogen-bond donors (Lipinski definition) is 5. The number of primary amides is 1. The van der Waals surface area contributed by atoms with Gasteiger partial charge in [0.1, 0.15) is 4.32 Å². The van der Waals surface area contributed by atoms with Crippen LogP contribution in [0.4, 0.5) is 4.79 Å². The van der Waals surface area contributed by atoms with Gasteiger partial charge >= 0.3 is 23.9 Å². The first kappa shape index (κ1) is 24.1. The van der Waals surface area contributed by atoms with Crippen LogP contribution >= 0.6 is 15.9 Å². The Kier molecular flexibility index (Phi) is 9.14. The number of rotatable bonds is 6. The lowest BCUT2D eigenvalue weighted by Crippen LogP contribution is -2.46. The van der Waals surface area contributed by atoms with E-state index in [1.54, 1.807) is 0 Å². The van der Waals surface area contributed by atoms with Crippen LogP contribution in [0.5, 0.6) is 0 Å². The molecule has 1 aromatic carbocycles. The molecule has 10 nitrogen and oxygen atoms in total. The van der Waals surface area contributed by atoms with E-state index in [0.717, 1.165) is 18.2 Å². The van der Waals surface area contributed by atoms with Crippen molar-refractivity contribution in [2.45, 2.75) is 31.0 Å². The highest BCUT2D eigenvalue weighted by Gasteiger charge is 2.32. The Morgan fingerprint density at radius 2 is 1.44 bits per heavy atom. The number of carbonyl (C=O) groups excluding carboxylic acids is 2. The number of nitrogens with one attached hydrogen (secondary N) is 1. The molecule has 0 fully saturated rings. The molecular weight excluding hydrogens is 428 g/mol. The number of amides is 3. The second kappa shape index (κ2) is 10.3. The lowest BCUT2D eigenvalue weighted by atomic mass is 10.0. The average Bonchev–Trinajstić information content (AvgIpc) is 2.60. The first-order valence-electron chi connectivity index (χ1n) is 7.53. The number of aromatic carboxylic acids is 3. The lowest BCUT2D eigenvalue weighted by molar-refractivity contribution is -0.122. The maximum Gasteiger partial charge on any atom is 0.336 e. The third kappa shape index (κ3) is 7.05. The zero-order chi connectivity index (χ0) is 21.4. The van der Waals surface area contributed by atoms with Gasteiger partial charge in [0.15, 0.2) is 0 Å². The summed E-state index contributed by atoms with van der Waals surface area (Å²) in [6, 6.07) is 1.99. The molecule has 27 heavy (non-hydrogen) atoms. The standard InChI is InChI=1S/C9H6O6.C7H13BrN2O2/c10-7(11)4-1-2-5(8(12)13)6(3-4)9(14)15;1-3-7(8,4-2)5(11)10-6(9)12/h1-3H,(H,10,11)(H,12,13)(H,14,15);3-4H2,1-2H3,(H3,9,10,11,12). The number of imide groups is 1. The molecule has 0 aliphatic heterocycles. The summed E-state index contributed by atoms with van der Waals surface area (Å²) in [7, 11) is 0. The zero-order valence-electron chi connectivity index (χ0n) is 14.5. The molecule has 0 aliphatic rings. The lowest BCUT2D eigenvalue weighted by Gasteiger charge is -2.21. The Labute approximate surface area is 162 Å². The topological polar surface area (TPSA) is 184 Å². The summed E-state index contributed by atoms with van der Waals surface area (Å²) >= 11 is 3.26. The van der Waals surface area contributed by atoms with Crippen molar-refractivity contribution in [1.29, 1.82) is 0 Å². The Morgan fingerprint density at radius 3 is 1.78 bits per heavy atom. The van der Waals surface area contributed by atoms with Crippen molar-refractivity contribution in [3.8, 4) is 0 Å². The number of carboxylic acids is 3. The van der Waals surface area contributed by atoms with Crippen LogP contribution < -0.4 is 11.1 Å². The van der Waals surface area contributed by atoms with E-state index < -0.39 is 39.4 Å². The van der Waals surface area contributed by atoms with Gasteiger partial charge in [-0.2, -0.15) is 0 Å². The fraction of sp³-hybridized carbons (Fsp3) is 0.312. The molecular formula is C16H19BrN2O8. The fourth-order valence-electron chi connectivity index (χ4n) is 1.84. The number of hydrogen-bond acceptors (Lipinski definition) is 5. The van der Waals surface area contributed by atoms with Gasteiger partial charge in [0, 0.05) is 0 Å². The van der Waals surface area contributed by atoms with Gasteiger partial charge in [-0.3, -0.25) is 10.1 Å². The first-order chi connectivity index (χ1) is 12.4. The normalized spacial score (nSPS) is 10.2. The second-order valence-corrected chi connectivity index (χ2v) is 6.68. The monoisotopic (exact) mass is 446 g/mol. The molecule has 0 atom stereocenters. The van der Waals surface area contributed by atoms with Gasteiger partial charge in [0.2, 0.25) is 5.91 Å². The Bertz CT molecular complexity index is 759. The number of benzene rings is 1. The minimum Gasteiger partial charge on any atom is -0.478 e. The van der Waals surface area contributed by atoms with Crippen molar-refractivity contribution in [3.05, 3.63) is 34.9 Å². The van der Waals surface area contributed by atoms with Gasteiger partial charge in [-0.1, -0.05) is 29.8 Å². The van der Waals surface area contributed by atoms with Crippen LogP contribution in [-0.2, 0) is 4.79 Å². The highest BCUT2D eigenvalue weighted by Crippen LogP contribution is 2.26. The average molecular weight is 447 g/mol. The highest BCUT2D eigenvalue weighted by atomic mass is 79.9. The SMILES string of the molecule is CCC(Br)(CC)C(=O)NC(N)=O.O=C(O)c1ccc(C(=O)O)c(C(=O)O)c1. The van der Waals surface area contributed by atoms with E-state index in [0.29, 0.717) is 12.8 Å². The number of carboxylic acid groups (broad SMARTS) is 3. The molecule has 3 amide bonds. The maximum atomic E-state index is 11.3. The zero-order valence-corrected chi connectivity index (χ0v) is 16.1. The van der Waals surface area contributed by atoms with Crippen LogP contribution in [0.15, 0.2) is 18.2 Å². The molecule has 0 bridgehead atoms. The van der Waals surface area contributed by atoms with Crippen LogP contribution in [0.25, 0.3) is 0 Å². The van der Waals surface area contributed by atoms with E-state index in [-0.39, 0.29) is 11.5 Å². The van der Waals surface area contributed by atoms with Crippen molar-refractivity contribution >= 4 is 45.8 Å². The largest absolute Gasteiger partial charge is 0.478 e. The van der Waals surface area contributed by atoms with Crippen molar-refractivity contribution < 1.29 is 39.3 Å². The molecule has 0 aromatic heterocycles. The summed E-state index contributed by atoms with van der Waals surface area (Å²) in [5, 5.41) is 27.9. The molecule has 0 saturated carbocycles. The summed E-state index contributed by atoms with van der Waals surface area (Å²) in [5.74, 6) is -4.57. The Hall–Kier alpha value is -2.95. The van der Waals surface area contributed by atoms with Crippen LogP contribution in [0, 0.1) is 0 Å². The highest BCUT2D eigenvalue weighted by molar-refractivity contribution is 9.10. The van der Waals surface area contributed by atoms with Crippen molar-refractivity contribution in [2.24, 2.45) is 5.73 Å². The number of carbonyl (C=O) groups is 5. The van der Waals surface area contributed by atoms with Crippen molar-refractivity contribution in [1.82, 2.24) is 5.32 Å². The van der Waals surface area contributed by atoms with Crippen molar-refractivity contribution in [2.75, 3.05) is 0 Å². The quantitative estimate of drug-likeness (QED) is 0.410. The first-order valence-corrected chi connectivity index (χ1v) is 8.32. The van der Waals surface area contributed by atoms with E-state index in [9.17, 15) is 24.0 Å². The molecule has 1 rings (SSSR count).